The number of methoxy groups -OCH3 is 1. The van der Waals surface area contributed by atoms with Crippen molar-refractivity contribution in [2.75, 3.05) is 19.1 Å². The SMILES string of the molecule is COc1ccc(-c2cnn3ccc(C(=O)N(C)c4ccc(C#N)cn4)cc23)nc1. The molecule has 0 atom stereocenters. The normalized spacial score (nSPS) is 10.5. The van der Waals surface area contributed by atoms with Gasteiger partial charge in [-0.25, -0.2) is 9.50 Å². The molecule has 4 aromatic rings. The average molecular weight is 384 g/mol. The lowest BCUT2D eigenvalue weighted by Gasteiger charge is -2.16. The molecule has 0 aliphatic heterocycles. The second kappa shape index (κ2) is 7.40. The predicted octanol–water partition coefficient (Wildman–Crippen LogP) is 2.95. The van der Waals surface area contributed by atoms with E-state index >= 15 is 0 Å². The lowest BCUT2D eigenvalue weighted by atomic mass is 10.1. The Balaban J connectivity index is 1.68. The van der Waals surface area contributed by atoms with Crippen LogP contribution in [0.3, 0.4) is 0 Å². The fourth-order valence-corrected chi connectivity index (χ4v) is 2.92. The van der Waals surface area contributed by atoms with E-state index in [1.54, 1.807) is 61.5 Å². The highest BCUT2D eigenvalue weighted by Gasteiger charge is 2.17. The van der Waals surface area contributed by atoms with Crippen molar-refractivity contribution in [3.05, 3.63) is 72.3 Å². The molecule has 4 aromatic heterocycles. The highest BCUT2D eigenvalue weighted by atomic mass is 16.5. The summed E-state index contributed by atoms with van der Waals surface area (Å²) in [6.45, 7) is 0. The fourth-order valence-electron chi connectivity index (χ4n) is 2.92. The summed E-state index contributed by atoms with van der Waals surface area (Å²) in [4.78, 5) is 23.0. The summed E-state index contributed by atoms with van der Waals surface area (Å²) in [6.07, 6.45) is 6.52. The number of hydrogen-bond acceptors (Lipinski definition) is 6. The first-order chi connectivity index (χ1) is 14.1. The Kier molecular flexibility index (Phi) is 4.63. The molecule has 0 aliphatic rings. The smallest absolute Gasteiger partial charge is 0.259 e. The van der Waals surface area contributed by atoms with Gasteiger partial charge in [-0.3, -0.25) is 14.7 Å². The summed E-state index contributed by atoms with van der Waals surface area (Å²) < 4.78 is 6.84. The van der Waals surface area contributed by atoms with Crippen molar-refractivity contribution in [1.29, 1.82) is 5.26 Å². The minimum atomic E-state index is -0.223. The molecular weight excluding hydrogens is 368 g/mol. The summed E-state index contributed by atoms with van der Waals surface area (Å²) >= 11 is 0. The Bertz CT molecular complexity index is 1220. The molecule has 0 radical (unpaired) electrons. The van der Waals surface area contributed by atoms with E-state index in [0.29, 0.717) is 22.7 Å². The topological polar surface area (TPSA) is 96.4 Å². The number of aromatic nitrogens is 4. The maximum absolute atomic E-state index is 13.0. The Morgan fingerprint density at radius 3 is 2.66 bits per heavy atom. The lowest BCUT2D eigenvalue weighted by molar-refractivity contribution is 0.0992. The third kappa shape index (κ3) is 3.37. The number of amides is 1. The first-order valence-corrected chi connectivity index (χ1v) is 8.72. The molecule has 142 valence electrons. The molecular formula is C21H16N6O2. The largest absolute Gasteiger partial charge is 0.495 e. The Labute approximate surface area is 166 Å². The second-order valence-electron chi connectivity index (χ2n) is 6.27. The minimum absolute atomic E-state index is 0.223. The summed E-state index contributed by atoms with van der Waals surface area (Å²) in [5.74, 6) is 0.900. The molecule has 0 unspecified atom stereocenters. The number of nitriles is 1. The number of nitrogens with zero attached hydrogens (tertiary/aromatic N) is 6. The van der Waals surface area contributed by atoms with Gasteiger partial charge in [0.2, 0.25) is 0 Å². The van der Waals surface area contributed by atoms with Gasteiger partial charge in [0.25, 0.3) is 5.91 Å². The highest BCUT2D eigenvalue weighted by molar-refractivity contribution is 6.06. The van der Waals surface area contributed by atoms with E-state index in [1.807, 2.05) is 18.2 Å². The van der Waals surface area contributed by atoms with Crippen LogP contribution in [0.25, 0.3) is 16.8 Å². The summed E-state index contributed by atoms with van der Waals surface area (Å²) in [6, 6.07) is 12.4. The van der Waals surface area contributed by atoms with Gasteiger partial charge in [-0.1, -0.05) is 0 Å². The molecule has 8 nitrogen and oxygen atoms in total. The number of ether oxygens (including phenoxy) is 1. The van der Waals surface area contributed by atoms with Crippen molar-refractivity contribution in [1.82, 2.24) is 19.6 Å². The third-order valence-electron chi connectivity index (χ3n) is 4.54. The van der Waals surface area contributed by atoms with E-state index < -0.39 is 0 Å². The van der Waals surface area contributed by atoms with E-state index in [0.717, 1.165) is 16.8 Å². The van der Waals surface area contributed by atoms with Crippen LogP contribution >= 0.6 is 0 Å². The van der Waals surface area contributed by atoms with Gasteiger partial charge in [-0.15, -0.1) is 0 Å². The molecule has 0 saturated heterocycles. The third-order valence-corrected chi connectivity index (χ3v) is 4.54. The van der Waals surface area contributed by atoms with Crippen molar-refractivity contribution >= 4 is 17.2 Å². The van der Waals surface area contributed by atoms with Crippen molar-refractivity contribution in [2.24, 2.45) is 0 Å². The van der Waals surface area contributed by atoms with Gasteiger partial charge in [-0.05, 0) is 36.4 Å². The molecule has 1 amide bonds. The predicted molar refractivity (Wildman–Crippen MR) is 107 cm³/mol. The molecule has 4 heterocycles. The van der Waals surface area contributed by atoms with Crippen LogP contribution in [0.5, 0.6) is 5.75 Å². The minimum Gasteiger partial charge on any atom is -0.495 e. The number of pyridine rings is 3. The first-order valence-electron chi connectivity index (χ1n) is 8.72. The maximum atomic E-state index is 13.0. The molecule has 0 aliphatic carbocycles. The molecule has 0 fully saturated rings. The van der Waals surface area contributed by atoms with Crippen molar-refractivity contribution < 1.29 is 9.53 Å². The van der Waals surface area contributed by atoms with Gasteiger partial charge < -0.3 is 4.74 Å². The standard InChI is InChI=1S/C21H16N6O2/c1-26(20-6-3-14(10-22)11-24-20)21(28)15-7-8-27-19(9-15)17(13-25-27)18-5-4-16(29-2)12-23-18/h3-9,11-13H,1-2H3. The summed E-state index contributed by atoms with van der Waals surface area (Å²) in [5, 5.41) is 13.2. The molecule has 0 spiro atoms. The van der Waals surface area contributed by atoms with Gasteiger partial charge in [-0.2, -0.15) is 10.4 Å². The highest BCUT2D eigenvalue weighted by Crippen LogP contribution is 2.25. The van der Waals surface area contributed by atoms with Gasteiger partial charge in [0, 0.05) is 30.6 Å². The Morgan fingerprint density at radius 2 is 2.00 bits per heavy atom. The number of fused-ring (bicyclic) bond motifs is 1. The molecule has 0 bridgehead atoms. The summed E-state index contributed by atoms with van der Waals surface area (Å²) in [5.41, 5.74) is 3.22. The van der Waals surface area contributed by atoms with Crippen molar-refractivity contribution in [3.63, 3.8) is 0 Å². The Hall–Kier alpha value is -4.25. The molecule has 4 rings (SSSR count). The van der Waals surface area contributed by atoms with Crippen LogP contribution in [-0.2, 0) is 0 Å². The van der Waals surface area contributed by atoms with Gasteiger partial charge >= 0.3 is 0 Å². The van der Waals surface area contributed by atoms with Crippen LogP contribution in [-0.4, -0.2) is 39.6 Å². The second-order valence-corrected chi connectivity index (χ2v) is 6.27. The van der Waals surface area contributed by atoms with Crippen LogP contribution < -0.4 is 9.64 Å². The zero-order valence-electron chi connectivity index (χ0n) is 15.8. The van der Waals surface area contributed by atoms with Crippen LogP contribution in [0, 0.1) is 11.3 Å². The zero-order chi connectivity index (χ0) is 20.4. The number of carbonyl (C=O) groups excluding carboxylic acids is 1. The summed E-state index contributed by atoms with van der Waals surface area (Å²) in [7, 11) is 3.23. The maximum Gasteiger partial charge on any atom is 0.259 e. The quantitative estimate of drug-likeness (QED) is 0.537. The van der Waals surface area contributed by atoms with E-state index in [-0.39, 0.29) is 5.91 Å². The molecule has 8 heteroatoms. The number of rotatable bonds is 4. The van der Waals surface area contributed by atoms with E-state index in [2.05, 4.69) is 15.1 Å². The molecule has 29 heavy (non-hydrogen) atoms. The Morgan fingerprint density at radius 1 is 1.14 bits per heavy atom. The van der Waals surface area contributed by atoms with Crippen LogP contribution in [0.2, 0.25) is 0 Å². The zero-order valence-corrected chi connectivity index (χ0v) is 15.8. The lowest BCUT2D eigenvalue weighted by Crippen LogP contribution is -2.27. The fraction of sp³-hybridized carbons (Fsp3) is 0.0952. The monoisotopic (exact) mass is 384 g/mol. The van der Waals surface area contributed by atoms with E-state index in [1.165, 1.54) is 11.1 Å². The average Bonchev–Trinajstić information content (AvgIpc) is 3.21. The molecule has 0 aromatic carbocycles. The molecule has 0 saturated carbocycles. The van der Waals surface area contributed by atoms with Crippen LogP contribution in [0.15, 0.2) is 61.2 Å². The van der Waals surface area contributed by atoms with Crippen molar-refractivity contribution in [2.45, 2.75) is 0 Å². The van der Waals surface area contributed by atoms with Gasteiger partial charge in [0.05, 0.1) is 36.3 Å². The first kappa shape index (κ1) is 18.1. The van der Waals surface area contributed by atoms with E-state index in [4.69, 9.17) is 10.00 Å². The van der Waals surface area contributed by atoms with Gasteiger partial charge in [0.1, 0.15) is 17.6 Å². The number of hydrogen-bond donors (Lipinski definition) is 0. The van der Waals surface area contributed by atoms with Crippen molar-refractivity contribution in [3.8, 4) is 23.1 Å². The van der Waals surface area contributed by atoms with Crippen LogP contribution in [0.4, 0.5) is 5.82 Å². The number of anilines is 1. The van der Waals surface area contributed by atoms with Gasteiger partial charge in [0.15, 0.2) is 0 Å². The number of carbonyl (C=O) groups is 1. The van der Waals surface area contributed by atoms with E-state index in [9.17, 15) is 4.79 Å². The molecule has 0 N–H and O–H groups in total. The van der Waals surface area contributed by atoms with Crippen LogP contribution in [0.1, 0.15) is 15.9 Å².